The van der Waals surface area contributed by atoms with E-state index in [4.69, 9.17) is 20.9 Å². The third kappa shape index (κ3) is 12.2. The van der Waals surface area contributed by atoms with Crippen LogP contribution in [-0.4, -0.2) is 135 Å². The zero-order valence-corrected chi connectivity index (χ0v) is 33.8. The molecule has 5 amide bonds. The molecule has 53 heavy (non-hydrogen) atoms. The van der Waals surface area contributed by atoms with Gasteiger partial charge in [0.25, 0.3) is 0 Å². The van der Waals surface area contributed by atoms with Crippen molar-refractivity contribution in [2.45, 2.75) is 122 Å². The first-order valence-electron chi connectivity index (χ1n) is 18.9. The normalized spacial score (nSPS) is 19.7. The molecule has 14 heteroatoms. The Morgan fingerprint density at radius 1 is 0.943 bits per heavy atom. The van der Waals surface area contributed by atoms with Gasteiger partial charge in [-0.2, -0.15) is 0 Å². The van der Waals surface area contributed by atoms with Crippen LogP contribution in [0.2, 0.25) is 0 Å². The molecule has 10 unspecified atom stereocenters. The van der Waals surface area contributed by atoms with E-state index in [0.29, 0.717) is 25.8 Å². The molecule has 1 aromatic carbocycles. The van der Waals surface area contributed by atoms with Gasteiger partial charge in [-0.3, -0.25) is 28.9 Å². The van der Waals surface area contributed by atoms with Crippen molar-refractivity contribution >= 4 is 29.5 Å². The highest BCUT2D eigenvalue weighted by Gasteiger charge is 2.43. The van der Waals surface area contributed by atoms with Gasteiger partial charge in [-0.05, 0) is 51.3 Å². The number of carbonyl (C=O) groups excluding carboxylic acids is 5. The number of benzene rings is 1. The lowest BCUT2D eigenvalue weighted by Gasteiger charge is -2.41. The molecule has 0 spiro atoms. The van der Waals surface area contributed by atoms with Gasteiger partial charge in [-0.25, -0.2) is 0 Å². The molecule has 2 rings (SSSR count). The van der Waals surface area contributed by atoms with E-state index in [1.165, 1.54) is 14.2 Å². The summed E-state index contributed by atoms with van der Waals surface area (Å²) in [6.07, 6.45) is 0.918. The molecule has 1 fully saturated rings. The number of ether oxygens (including phenoxy) is 2. The van der Waals surface area contributed by atoms with Gasteiger partial charge >= 0.3 is 0 Å². The highest BCUT2D eigenvalue weighted by molar-refractivity contribution is 5.91. The van der Waals surface area contributed by atoms with Crippen LogP contribution in [0.4, 0.5) is 0 Å². The maximum absolute atomic E-state index is 14.1. The minimum atomic E-state index is -0.992. The number of likely N-dealkylation sites (tertiary alicyclic amines) is 1. The first-order valence-corrected chi connectivity index (χ1v) is 18.9. The maximum Gasteiger partial charge on any atom is 0.246 e. The second-order valence-corrected chi connectivity index (χ2v) is 15.2. The topological polar surface area (TPSA) is 190 Å². The van der Waals surface area contributed by atoms with E-state index in [9.17, 15) is 24.0 Å². The number of nitrogens with one attached hydrogen (secondary N) is 2. The van der Waals surface area contributed by atoms with Crippen LogP contribution in [0.25, 0.3) is 0 Å². The Balaban J connectivity index is 2.27. The lowest BCUT2D eigenvalue weighted by atomic mass is 9.89. The van der Waals surface area contributed by atoms with Gasteiger partial charge in [-0.15, -0.1) is 0 Å². The van der Waals surface area contributed by atoms with Crippen LogP contribution >= 0.6 is 0 Å². The third-order valence-corrected chi connectivity index (χ3v) is 10.7. The summed E-state index contributed by atoms with van der Waals surface area (Å²) in [6, 6.07) is 5.33. The number of nitrogens with two attached hydrogens (primary N) is 2. The van der Waals surface area contributed by atoms with Crippen molar-refractivity contribution in [1.82, 2.24) is 25.3 Å². The highest BCUT2D eigenvalue weighted by Crippen LogP contribution is 2.29. The molecule has 14 nitrogen and oxygen atoms in total. The fourth-order valence-corrected chi connectivity index (χ4v) is 7.69. The van der Waals surface area contributed by atoms with Crippen LogP contribution in [0, 0.1) is 17.8 Å². The fraction of sp³-hybridized carbons (Fsp3) is 0.718. The predicted octanol–water partition coefficient (Wildman–Crippen LogP) is 1.54. The van der Waals surface area contributed by atoms with Gasteiger partial charge in [0.15, 0.2) is 0 Å². The number of carbonyl (C=O) groups is 5. The summed E-state index contributed by atoms with van der Waals surface area (Å²) < 4.78 is 11.9. The van der Waals surface area contributed by atoms with Crippen LogP contribution in [0.15, 0.2) is 30.3 Å². The quantitative estimate of drug-likeness (QED) is 0.145. The summed E-state index contributed by atoms with van der Waals surface area (Å²) >= 11 is 0. The van der Waals surface area contributed by atoms with Crippen molar-refractivity contribution in [3.8, 4) is 0 Å². The van der Waals surface area contributed by atoms with E-state index in [-0.39, 0.29) is 42.4 Å². The van der Waals surface area contributed by atoms with E-state index >= 15 is 0 Å². The van der Waals surface area contributed by atoms with Crippen molar-refractivity contribution in [1.29, 1.82) is 0 Å². The Hall–Kier alpha value is -3.59. The van der Waals surface area contributed by atoms with E-state index in [2.05, 4.69) is 10.6 Å². The summed E-state index contributed by atoms with van der Waals surface area (Å²) in [7, 11) is 8.34. The Morgan fingerprint density at radius 2 is 1.57 bits per heavy atom. The van der Waals surface area contributed by atoms with Crippen molar-refractivity contribution in [2.75, 3.05) is 41.9 Å². The van der Waals surface area contributed by atoms with Crippen LogP contribution < -0.4 is 22.1 Å². The molecule has 0 saturated carbocycles. The summed E-state index contributed by atoms with van der Waals surface area (Å²) in [6.45, 7) is 11.8. The number of hydrogen-bond acceptors (Lipinski definition) is 9. The summed E-state index contributed by atoms with van der Waals surface area (Å²) in [4.78, 5) is 72.6. The molecule has 1 heterocycles. The molecule has 0 radical (unpaired) electrons. The fourth-order valence-electron chi connectivity index (χ4n) is 7.69. The number of likely N-dealkylation sites (N-methyl/N-ethyl adjacent to an activating group) is 2. The third-order valence-electron chi connectivity index (χ3n) is 10.7. The molecular formula is C39H67N7O7. The molecule has 0 aliphatic carbocycles. The molecule has 300 valence electrons. The Labute approximate surface area is 317 Å². The van der Waals surface area contributed by atoms with E-state index in [1.54, 1.807) is 30.7 Å². The summed E-state index contributed by atoms with van der Waals surface area (Å²) in [5.74, 6) is -2.67. The second-order valence-electron chi connectivity index (χ2n) is 15.2. The number of primary amides is 1. The Kier molecular flexibility index (Phi) is 18.3. The molecule has 0 bridgehead atoms. The molecular weight excluding hydrogens is 678 g/mol. The maximum atomic E-state index is 14.1. The average Bonchev–Trinajstić information content (AvgIpc) is 3.59. The average molecular weight is 746 g/mol. The minimum absolute atomic E-state index is 0.000467. The van der Waals surface area contributed by atoms with E-state index < -0.39 is 66.2 Å². The zero-order chi connectivity index (χ0) is 40.2. The number of rotatable bonds is 21. The standard InChI is InChI=1S/C39H67N7O7/c1-12-24(4)34(45(9)39(51)32(26(6)40)43-38(50)33(23(2)3)44(7)8)30(52-10)22-31(47)46-20-16-19-29(46)35(53-11)25(5)37(49)42-28(36(41)48)21-27-17-14-13-15-18-27/h13-15,17-18,23-26,28-30,32-35H,12,16,19-22,40H2,1-11H3,(H2,41,48)(H,42,49)(H,43,50). The summed E-state index contributed by atoms with van der Waals surface area (Å²) in [5.41, 5.74) is 12.8. The lowest BCUT2D eigenvalue weighted by molar-refractivity contribution is -0.147. The number of amides is 5. The number of methoxy groups -OCH3 is 2. The lowest BCUT2D eigenvalue weighted by Crippen LogP contribution is -2.62. The highest BCUT2D eigenvalue weighted by atomic mass is 16.5. The molecule has 1 aromatic rings. The smallest absolute Gasteiger partial charge is 0.246 e. The predicted molar refractivity (Wildman–Crippen MR) is 205 cm³/mol. The SMILES string of the molecule is CCC(C)C(C(CC(=O)N1CCCC1C(OC)C(C)C(=O)NC(Cc1ccccc1)C(N)=O)OC)N(C)C(=O)C(NC(=O)C(C(C)C)N(C)C)C(C)N. The number of nitrogens with zero attached hydrogens (tertiary/aromatic N) is 3. The van der Waals surface area contributed by atoms with Crippen LogP contribution in [0.5, 0.6) is 0 Å². The monoisotopic (exact) mass is 746 g/mol. The van der Waals surface area contributed by atoms with Crippen LogP contribution in [-0.2, 0) is 39.9 Å². The van der Waals surface area contributed by atoms with E-state index in [0.717, 1.165) is 5.56 Å². The minimum Gasteiger partial charge on any atom is -0.379 e. The zero-order valence-electron chi connectivity index (χ0n) is 33.8. The van der Waals surface area contributed by atoms with Crippen LogP contribution in [0.3, 0.4) is 0 Å². The molecule has 10 atom stereocenters. The van der Waals surface area contributed by atoms with E-state index in [1.807, 2.05) is 77.0 Å². The Bertz CT molecular complexity index is 1340. The van der Waals surface area contributed by atoms with Gasteiger partial charge in [0.2, 0.25) is 29.5 Å². The molecule has 6 N–H and O–H groups in total. The van der Waals surface area contributed by atoms with Gasteiger partial charge < -0.3 is 41.4 Å². The molecule has 1 aliphatic heterocycles. The Morgan fingerprint density at radius 3 is 2.06 bits per heavy atom. The molecule has 0 aromatic heterocycles. The molecule has 1 aliphatic rings. The summed E-state index contributed by atoms with van der Waals surface area (Å²) in [5, 5.41) is 5.70. The largest absolute Gasteiger partial charge is 0.379 e. The van der Waals surface area contributed by atoms with Crippen molar-refractivity contribution in [3.63, 3.8) is 0 Å². The first kappa shape index (κ1) is 45.6. The van der Waals surface area contributed by atoms with Crippen molar-refractivity contribution in [3.05, 3.63) is 35.9 Å². The van der Waals surface area contributed by atoms with Crippen molar-refractivity contribution < 1.29 is 33.4 Å². The van der Waals surface area contributed by atoms with Gasteiger partial charge in [0.1, 0.15) is 12.1 Å². The number of hydrogen-bond donors (Lipinski definition) is 4. The van der Waals surface area contributed by atoms with Gasteiger partial charge in [-0.1, -0.05) is 71.4 Å². The second kappa shape index (κ2) is 21.3. The molecule has 1 saturated heterocycles. The van der Waals surface area contributed by atoms with Crippen LogP contribution in [0.1, 0.15) is 72.8 Å². The first-order chi connectivity index (χ1) is 24.9. The van der Waals surface area contributed by atoms with Crippen molar-refractivity contribution in [2.24, 2.45) is 29.2 Å². The van der Waals surface area contributed by atoms with Gasteiger partial charge in [0.05, 0.1) is 42.7 Å². The van der Waals surface area contributed by atoms with Gasteiger partial charge in [0, 0.05) is 40.3 Å².